The molecule has 1 aromatic heterocycles. The van der Waals surface area contributed by atoms with Crippen LogP contribution in [0.5, 0.6) is 0 Å². The molecule has 6 nitrogen and oxygen atoms in total. The normalized spacial score (nSPS) is 10.0. The number of aryl methyl sites for hydroxylation is 1. The summed E-state index contributed by atoms with van der Waals surface area (Å²) in [7, 11) is 0. The Labute approximate surface area is 99.7 Å². The van der Waals surface area contributed by atoms with Crippen LogP contribution in [0.3, 0.4) is 0 Å². The molecule has 0 atom stereocenters. The monoisotopic (exact) mass is 239 g/mol. The van der Waals surface area contributed by atoms with Crippen molar-refractivity contribution < 1.29 is 14.3 Å². The van der Waals surface area contributed by atoms with Crippen LogP contribution < -0.4 is 5.32 Å². The number of H-pyrrole nitrogens is 1. The number of aromatic nitrogens is 2. The molecule has 0 unspecified atom stereocenters. The third-order valence-electron chi connectivity index (χ3n) is 2.09. The van der Waals surface area contributed by atoms with Gasteiger partial charge in [0.15, 0.2) is 0 Å². The highest BCUT2D eigenvalue weighted by molar-refractivity contribution is 5.92. The molecule has 0 saturated carbocycles. The molecule has 1 amide bonds. The van der Waals surface area contributed by atoms with Crippen molar-refractivity contribution >= 4 is 11.9 Å². The first-order valence-corrected chi connectivity index (χ1v) is 5.59. The Morgan fingerprint density at radius 1 is 1.53 bits per heavy atom. The number of nitrogens with one attached hydrogen (secondary N) is 2. The highest BCUT2D eigenvalue weighted by Gasteiger charge is 2.08. The molecule has 0 aromatic carbocycles. The van der Waals surface area contributed by atoms with Crippen LogP contribution in [0.1, 0.15) is 35.9 Å². The lowest BCUT2D eigenvalue weighted by Gasteiger charge is -2.03. The number of aromatic amines is 1. The van der Waals surface area contributed by atoms with Crippen LogP contribution in [0.2, 0.25) is 0 Å². The summed E-state index contributed by atoms with van der Waals surface area (Å²) in [4.78, 5) is 22.5. The molecule has 0 saturated heterocycles. The Hall–Kier alpha value is -1.85. The number of rotatable bonds is 6. The molecule has 94 valence electrons. The Bertz CT molecular complexity index is 387. The van der Waals surface area contributed by atoms with Crippen LogP contribution in [-0.2, 0) is 9.53 Å². The number of carbonyl (C=O) groups excluding carboxylic acids is 2. The largest absolute Gasteiger partial charge is 0.466 e. The molecule has 2 N–H and O–H groups in total. The van der Waals surface area contributed by atoms with Crippen molar-refractivity contribution in [3.05, 3.63) is 17.5 Å². The molecule has 1 heterocycles. The topological polar surface area (TPSA) is 84.1 Å². The van der Waals surface area contributed by atoms with Crippen LogP contribution in [0.25, 0.3) is 0 Å². The fraction of sp³-hybridized carbons (Fsp3) is 0.545. The van der Waals surface area contributed by atoms with Gasteiger partial charge in [-0.15, -0.1) is 0 Å². The van der Waals surface area contributed by atoms with E-state index in [4.69, 9.17) is 4.74 Å². The second-order valence-corrected chi connectivity index (χ2v) is 3.60. The van der Waals surface area contributed by atoms with Gasteiger partial charge in [-0.1, -0.05) is 0 Å². The Morgan fingerprint density at radius 2 is 2.29 bits per heavy atom. The molecule has 0 spiro atoms. The molecule has 0 aliphatic rings. The highest BCUT2D eigenvalue weighted by atomic mass is 16.5. The number of ether oxygens (including phenoxy) is 1. The van der Waals surface area contributed by atoms with Crippen LogP contribution in [0, 0.1) is 6.92 Å². The van der Waals surface area contributed by atoms with E-state index in [0.29, 0.717) is 31.7 Å². The molecule has 17 heavy (non-hydrogen) atoms. The number of hydrogen-bond donors (Lipinski definition) is 2. The zero-order valence-corrected chi connectivity index (χ0v) is 10.1. The fourth-order valence-electron chi connectivity index (χ4n) is 1.29. The van der Waals surface area contributed by atoms with Gasteiger partial charge in [-0.3, -0.25) is 14.7 Å². The first kappa shape index (κ1) is 13.2. The molecule has 0 fully saturated rings. The lowest BCUT2D eigenvalue weighted by atomic mass is 10.3. The first-order valence-electron chi connectivity index (χ1n) is 5.59. The summed E-state index contributed by atoms with van der Waals surface area (Å²) in [6, 6.07) is 1.67. The van der Waals surface area contributed by atoms with Crippen LogP contribution in [0.4, 0.5) is 0 Å². The lowest BCUT2D eigenvalue weighted by molar-refractivity contribution is -0.143. The zero-order chi connectivity index (χ0) is 12.7. The van der Waals surface area contributed by atoms with E-state index in [0.717, 1.165) is 5.69 Å². The molecule has 0 radical (unpaired) electrons. The zero-order valence-electron chi connectivity index (χ0n) is 10.1. The van der Waals surface area contributed by atoms with Crippen molar-refractivity contribution in [2.24, 2.45) is 0 Å². The average Bonchev–Trinajstić information content (AvgIpc) is 2.71. The van der Waals surface area contributed by atoms with Gasteiger partial charge in [0, 0.05) is 18.7 Å². The van der Waals surface area contributed by atoms with Crippen molar-refractivity contribution in [2.45, 2.75) is 26.7 Å². The summed E-state index contributed by atoms with van der Waals surface area (Å²) in [5.74, 6) is -0.476. The minimum Gasteiger partial charge on any atom is -0.466 e. The SMILES string of the molecule is CCOC(=O)CCCNC(=O)c1cc(C)[nH]n1. The Morgan fingerprint density at radius 3 is 2.88 bits per heavy atom. The van der Waals surface area contributed by atoms with E-state index < -0.39 is 0 Å². The molecule has 1 rings (SSSR count). The van der Waals surface area contributed by atoms with E-state index >= 15 is 0 Å². The van der Waals surface area contributed by atoms with E-state index in [-0.39, 0.29) is 11.9 Å². The predicted octanol–water partition coefficient (Wildman–Crippen LogP) is 0.791. The molecular formula is C11H17N3O3. The second kappa shape index (κ2) is 6.67. The van der Waals surface area contributed by atoms with Crippen molar-refractivity contribution in [2.75, 3.05) is 13.2 Å². The summed E-state index contributed by atoms with van der Waals surface area (Å²) in [5, 5.41) is 9.20. The molecule has 0 bridgehead atoms. The summed E-state index contributed by atoms with van der Waals surface area (Å²) < 4.78 is 4.77. The number of amides is 1. The third kappa shape index (κ3) is 4.67. The van der Waals surface area contributed by atoms with Crippen LogP contribution in [-0.4, -0.2) is 35.2 Å². The highest BCUT2D eigenvalue weighted by Crippen LogP contribution is 1.97. The van der Waals surface area contributed by atoms with Crippen molar-refractivity contribution in [3.63, 3.8) is 0 Å². The van der Waals surface area contributed by atoms with Gasteiger partial charge in [-0.05, 0) is 26.3 Å². The van der Waals surface area contributed by atoms with E-state index in [1.807, 2.05) is 6.92 Å². The predicted molar refractivity (Wildman–Crippen MR) is 61.5 cm³/mol. The number of nitrogens with zero attached hydrogens (tertiary/aromatic N) is 1. The minimum absolute atomic E-state index is 0.238. The van der Waals surface area contributed by atoms with Crippen molar-refractivity contribution in [1.29, 1.82) is 0 Å². The second-order valence-electron chi connectivity index (χ2n) is 3.60. The average molecular weight is 239 g/mol. The smallest absolute Gasteiger partial charge is 0.305 e. The number of carbonyl (C=O) groups is 2. The molecule has 0 aliphatic heterocycles. The summed E-state index contributed by atoms with van der Waals surface area (Å²) in [6.07, 6.45) is 0.877. The van der Waals surface area contributed by atoms with Crippen LogP contribution in [0.15, 0.2) is 6.07 Å². The Balaban J connectivity index is 2.19. The van der Waals surface area contributed by atoms with E-state index in [9.17, 15) is 9.59 Å². The van der Waals surface area contributed by atoms with E-state index in [1.165, 1.54) is 0 Å². The first-order chi connectivity index (χ1) is 8.13. The van der Waals surface area contributed by atoms with Crippen molar-refractivity contribution in [1.82, 2.24) is 15.5 Å². The van der Waals surface area contributed by atoms with E-state index in [2.05, 4.69) is 15.5 Å². The maximum Gasteiger partial charge on any atom is 0.305 e. The molecule has 0 aliphatic carbocycles. The van der Waals surface area contributed by atoms with Gasteiger partial charge < -0.3 is 10.1 Å². The van der Waals surface area contributed by atoms with Crippen LogP contribution >= 0.6 is 0 Å². The van der Waals surface area contributed by atoms with Gasteiger partial charge in [-0.25, -0.2) is 0 Å². The van der Waals surface area contributed by atoms with Gasteiger partial charge >= 0.3 is 5.97 Å². The van der Waals surface area contributed by atoms with Gasteiger partial charge in [0.2, 0.25) is 0 Å². The molecular weight excluding hydrogens is 222 g/mol. The number of esters is 1. The van der Waals surface area contributed by atoms with Gasteiger partial charge in [-0.2, -0.15) is 5.10 Å². The van der Waals surface area contributed by atoms with Gasteiger partial charge in [0.1, 0.15) is 5.69 Å². The van der Waals surface area contributed by atoms with Crippen molar-refractivity contribution in [3.8, 4) is 0 Å². The fourth-order valence-corrected chi connectivity index (χ4v) is 1.29. The third-order valence-corrected chi connectivity index (χ3v) is 2.09. The molecule has 1 aromatic rings. The quantitative estimate of drug-likeness (QED) is 0.568. The maximum atomic E-state index is 11.5. The summed E-state index contributed by atoms with van der Waals surface area (Å²) in [5.41, 5.74) is 1.19. The standard InChI is InChI=1S/C11H17N3O3/c1-3-17-10(15)5-4-6-12-11(16)9-7-8(2)13-14-9/h7H,3-6H2,1-2H3,(H,12,16)(H,13,14). The van der Waals surface area contributed by atoms with Gasteiger partial charge in [0.25, 0.3) is 5.91 Å². The minimum atomic E-state index is -0.239. The Kier molecular flexibility index (Phi) is 5.19. The molecule has 6 heteroatoms. The van der Waals surface area contributed by atoms with Gasteiger partial charge in [0.05, 0.1) is 6.61 Å². The number of hydrogen-bond acceptors (Lipinski definition) is 4. The summed E-state index contributed by atoms with van der Waals surface area (Å²) >= 11 is 0. The maximum absolute atomic E-state index is 11.5. The van der Waals surface area contributed by atoms with E-state index in [1.54, 1.807) is 13.0 Å². The summed E-state index contributed by atoms with van der Waals surface area (Å²) in [6.45, 7) is 4.41. The lowest BCUT2D eigenvalue weighted by Crippen LogP contribution is -2.25.